The number of halogens is 3. The highest BCUT2D eigenvalue weighted by Crippen LogP contribution is 2.61. The van der Waals surface area contributed by atoms with Crippen LogP contribution in [0.15, 0.2) is 47.5 Å². The number of ether oxygens (including phenoxy) is 1. The van der Waals surface area contributed by atoms with Crippen molar-refractivity contribution < 1.29 is 18.9 Å². The van der Waals surface area contributed by atoms with E-state index in [9.17, 15) is 14.2 Å². The smallest absolute Gasteiger partial charge is 0.339 e. The molecule has 9 nitrogen and oxygen atoms in total. The number of nitrogens with one attached hydrogen (secondary N) is 2. The van der Waals surface area contributed by atoms with Crippen LogP contribution in [0.4, 0.5) is 16.4 Å². The standard InChI is InChI=1S/C19H19N5O3.Cl3OP/c25-15-12-14-6-7-16(22-23-19(26)24-8-10-27-11-9-24)20-18(14)21-17(15)13-4-2-1-3-5-13;1-5(2,3)4/h1-7H,8-12H2,(H,20,22)(H,23,26);. The van der Waals surface area contributed by atoms with Crippen molar-refractivity contribution in [2.45, 2.75) is 6.42 Å². The van der Waals surface area contributed by atoms with Gasteiger partial charge >= 0.3 is 11.2 Å². The minimum absolute atomic E-state index is 0.0307. The Kier molecular flexibility index (Phi) is 8.51. The summed E-state index contributed by atoms with van der Waals surface area (Å²) >= 11 is 13.8. The van der Waals surface area contributed by atoms with Gasteiger partial charge in [-0.15, -0.1) is 0 Å². The molecule has 13 heteroatoms. The van der Waals surface area contributed by atoms with Gasteiger partial charge in [-0.3, -0.25) is 20.2 Å². The number of hydrogen-bond donors (Lipinski definition) is 2. The van der Waals surface area contributed by atoms with Gasteiger partial charge in [0.1, 0.15) is 11.5 Å². The van der Waals surface area contributed by atoms with Gasteiger partial charge in [0.15, 0.2) is 11.6 Å². The average molecular weight is 519 g/mol. The normalized spacial score (nSPS) is 15.7. The monoisotopic (exact) mass is 517 g/mol. The lowest BCUT2D eigenvalue weighted by molar-refractivity contribution is -0.112. The number of aromatic nitrogens is 1. The number of carbonyl (C=O) groups is 2. The number of urea groups is 1. The number of ketones is 1. The number of hydrogen-bond acceptors (Lipinski definition) is 7. The van der Waals surface area contributed by atoms with E-state index in [2.05, 4.69) is 54.6 Å². The van der Waals surface area contributed by atoms with Crippen LogP contribution in [0.2, 0.25) is 0 Å². The zero-order chi connectivity index (χ0) is 23.1. The van der Waals surface area contributed by atoms with Gasteiger partial charge in [-0.05, 0) is 39.8 Å². The number of nitrogens with zero attached hydrogens (tertiary/aromatic N) is 3. The molecule has 170 valence electrons. The maximum atomic E-state index is 12.4. The summed E-state index contributed by atoms with van der Waals surface area (Å²) in [5, 5.41) is -3.22. The van der Waals surface area contributed by atoms with Gasteiger partial charge in [-0.1, -0.05) is 36.4 Å². The predicted octanol–water partition coefficient (Wildman–Crippen LogP) is 4.51. The van der Waals surface area contributed by atoms with Crippen molar-refractivity contribution in [3.05, 3.63) is 53.6 Å². The molecule has 3 heterocycles. The van der Waals surface area contributed by atoms with Gasteiger partial charge in [-0.2, -0.15) is 0 Å². The van der Waals surface area contributed by atoms with Gasteiger partial charge in [0.2, 0.25) is 0 Å². The molecule has 1 saturated heterocycles. The molecule has 0 bridgehead atoms. The first-order valence-electron chi connectivity index (χ1n) is 9.45. The zero-order valence-corrected chi connectivity index (χ0v) is 19.8. The Morgan fingerprint density at radius 2 is 1.72 bits per heavy atom. The van der Waals surface area contributed by atoms with Crippen LogP contribution >= 0.6 is 38.9 Å². The molecule has 0 atom stereocenters. The van der Waals surface area contributed by atoms with Gasteiger partial charge < -0.3 is 9.64 Å². The van der Waals surface area contributed by atoms with Gasteiger partial charge in [0.05, 0.1) is 13.2 Å². The van der Waals surface area contributed by atoms with Crippen molar-refractivity contribution in [1.29, 1.82) is 0 Å². The molecular weight excluding hydrogens is 500 g/mol. The molecule has 4 rings (SSSR count). The van der Waals surface area contributed by atoms with Gasteiger partial charge in [-0.25, -0.2) is 14.8 Å². The lowest BCUT2D eigenvalue weighted by Crippen LogP contribution is -2.47. The second-order valence-electron chi connectivity index (χ2n) is 6.66. The summed E-state index contributed by atoms with van der Waals surface area (Å²) in [6.45, 7) is 2.18. The molecule has 0 spiro atoms. The third-order valence-electron chi connectivity index (χ3n) is 4.43. The molecular formula is C19H19Cl3N5O4P. The van der Waals surface area contributed by atoms with Crippen LogP contribution < -0.4 is 10.9 Å². The van der Waals surface area contributed by atoms with Crippen LogP contribution in [0, 0.1) is 0 Å². The number of pyridine rings is 1. The number of fused-ring (bicyclic) bond motifs is 1. The molecule has 0 unspecified atom stereocenters. The fourth-order valence-electron chi connectivity index (χ4n) is 2.99. The number of morpholine rings is 1. The van der Waals surface area contributed by atoms with E-state index >= 15 is 0 Å². The minimum atomic E-state index is -3.22. The van der Waals surface area contributed by atoms with Crippen LogP contribution in [-0.4, -0.2) is 53.7 Å². The summed E-state index contributed by atoms with van der Waals surface area (Å²) in [5.74, 6) is 0.914. The third kappa shape index (κ3) is 7.46. The van der Waals surface area contributed by atoms with E-state index in [0.29, 0.717) is 43.7 Å². The number of hydrazine groups is 1. The van der Waals surface area contributed by atoms with Crippen molar-refractivity contribution >= 4 is 68.1 Å². The topological polar surface area (TPSA) is 113 Å². The van der Waals surface area contributed by atoms with E-state index in [1.165, 1.54) is 0 Å². The Labute approximate surface area is 198 Å². The van der Waals surface area contributed by atoms with Gasteiger partial charge in [0.25, 0.3) is 0 Å². The summed E-state index contributed by atoms with van der Waals surface area (Å²) in [4.78, 5) is 35.1. The Hall–Kier alpha value is -2.16. The highest BCUT2D eigenvalue weighted by molar-refractivity contribution is 8.24. The Balaban J connectivity index is 0.000000523. The molecule has 2 aromatic rings. The number of aliphatic imine (C=N–C) groups is 1. The molecule has 1 aromatic heterocycles. The van der Waals surface area contributed by atoms with Crippen molar-refractivity contribution in [3.63, 3.8) is 0 Å². The largest absolute Gasteiger partial charge is 0.378 e. The van der Waals surface area contributed by atoms with Crippen molar-refractivity contribution in [1.82, 2.24) is 15.3 Å². The second kappa shape index (κ2) is 11.1. The predicted molar refractivity (Wildman–Crippen MR) is 125 cm³/mol. The third-order valence-corrected chi connectivity index (χ3v) is 4.43. The second-order valence-corrected chi connectivity index (χ2v) is 13.3. The fraction of sp³-hybridized carbons (Fsp3) is 0.263. The van der Waals surface area contributed by atoms with E-state index in [4.69, 9.17) is 4.74 Å². The summed E-state index contributed by atoms with van der Waals surface area (Å²) in [5.41, 5.74) is 7.39. The Morgan fingerprint density at radius 3 is 2.38 bits per heavy atom. The molecule has 0 saturated carbocycles. The van der Waals surface area contributed by atoms with Crippen molar-refractivity contribution in [3.8, 4) is 0 Å². The lowest BCUT2D eigenvalue weighted by Gasteiger charge is -2.27. The van der Waals surface area contributed by atoms with Crippen LogP contribution in [0.25, 0.3) is 0 Å². The zero-order valence-electron chi connectivity index (χ0n) is 16.6. The van der Waals surface area contributed by atoms with E-state index in [1.807, 2.05) is 30.3 Å². The minimum Gasteiger partial charge on any atom is -0.378 e. The maximum absolute atomic E-state index is 12.4. The highest BCUT2D eigenvalue weighted by Gasteiger charge is 2.23. The number of Topliss-reactive ketones (excluding diaryl/α,β-unsaturated/α-hetero) is 1. The quantitative estimate of drug-likeness (QED) is 0.457. The summed E-state index contributed by atoms with van der Waals surface area (Å²) < 4.78 is 14.7. The number of amides is 2. The summed E-state index contributed by atoms with van der Waals surface area (Å²) in [6, 6.07) is 12.6. The number of benzene rings is 1. The van der Waals surface area contributed by atoms with E-state index in [-0.39, 0.29) is 18.2 Å². The lowest BCUT2D eigenvalue weighted by atomic mass is 9.98. The fourth-order valence-corrected chi connectivity index (χ4v) is 2.99. The molecule has 2 amide bonds. The van der Waals surface area contributed by atoms with Crippen molar-refractivity contribution in [2.75, 3.05) is 31.7 Å². The molecule has 1 aromatic carbocycles. The number of rotatable bonds is 3. The van der Waals surface area contributed by atoms with Crippen LogP contribution in [0.1, 0.15) is 11.1 Å². The first-order chi connectivity index (χ1) is 15.2. The van der Waals surface area contributed by atoms with E-state index in [1.54, 1.807) is 17.0 Å². The Morgan fingerprint density at radius 1 is 1.06 bits per heavy atom. The summed E-state index contributed by atoms with van der Waals surface area (Å²) in [7, 11) is 0. The molecule has 2 aliphatic heterocycles. The number of anilines is 1. The summed E-state index contributed by atoms with van der Waals surface area (Å²) in [6.07, 6.45) is 0.260. The highest BCUT2D eigenvalue weighted by atomic mass is 36.0. The van der Waals surface area contributed by atoms with Crippen LogP contribution in [0.5, 0.6) is 0 Å². The first-order valence-corrected chi connectivity index (χ1v) is 13.9. The van der Waals surface area contributed by atoms with E-state index in [0.717, 1.165) is 11.1 Å². The molecule has 32 heavy (non-hydrogen) atoms. The number of carbonyl (C=O) groups excluding carboxylic acids is 2. The molecule has 0 radical (unpaired) electrons. The van der Waals surface area contributed by atoms with Crippen molar-refractivity contribution in [2.24, 2.45) is 4.99 Å². The van der Waals surface area contributed by atoms with Crippen LogP contribution in [-0.2, 0) is 20.5 Å². The SMILES string of the molecule is O=C1Cc2ccc(NNC(=O)N3CCOCC3)nc2N=C1c1ccccc1.O=P(Cl)(Cl)Cl. The van der Waals surface area contributed by atoms with Crippen LogP contribution in [0.3, 0.4) is 0 Å². The average Bonchev–Trinajstić information content (AvgIpc) is 2.77. The van der Waals surface area contributed by atoms with E-state index < -0.39 is 5.20 Å². The molecule has 1 fully saturated rings. The first kappa shape index (κ1) is 24.5. The molecule has 2 N–H and O–H groups in total. The maximum Gasteiger partial charge on any atom is 0.339 e. The molecule has 0 aliphatic carbocycles. The molecule has 2 aliphatic rings. The van der Waals surface area contributed by atoms with Gasteiger partial charge in [0, 0.05) is 30.6 Å². The Bertz CT molecular complexity index is 1050.